The maximum Gasteiger partial charge on any atom is 0.218 e. The third-order valence-electron chi connectivity index (χ3n) is 5.89. The largest absolute Gasteiger partial charge is 0.443 e. The van der Waals surface area contributed by atoms with Gasteiger partial charge in [0.1, 0.15) is 21.7 Å². The van der Waals surface area contributed by atoms with Gasteiger partial charge in [0.05, 0.1) is 28.2 Å². The number of halogens is 3. The Morgan fingerprint density at radius 3 is 2.60 bits per heavy atom. The van der Waals surface area contributed by atoms with Crippen LogP contribution >= 0.6 is 46.3 Å². The molecule has 0 saturated heterocycles. The van der Waals surface area contributed by atoms with Crippen LogP contribution in [0, 0.1) is 24.2 Å². The molecule has 2 unspecified atom stereocenters. The molecule has 0 bridgehead atoms. The summed E-state index contributed by atoms with van der Waals surface area (Å²) in [6, 6.07) is 5.79. The van der Waals surface area contributed by atoms with Crippen molar-refractivity contribution in [3.8, 4) is 16.9 Å². The van der Waals surface area contributed by atoms with Gasteiger partial charge in [-0.1, -0.05) is 25.4 Å². The molecule has 0 N–H and O–H groups in total. The molecule has 1 heterocycles. The van der Waals surface area contributed by atoms with E-state index in [4.69, 9.17) is 39.5 Å². The van der Waals surface area contributed by atoms with Crippen molar-refractivity contribution in [3.63, 3.8) is 0 Å². The van der Waals surface area contributed by atoms with Gasteiger partial charge in [0.2, 0.25) is 5.06 Å². The minimum absolute atomic E-state index is 0.00467. The maximum absolute atomic E-state index is 9.82. The number of aliphatic imine (C=N–C) groups is 1. The second-order valence-corrected chi connectivity index (χ2v) is 9.99. The number of nitriles is 1. The van der Waals surface area contributed by atoms with Crippen LogP contribution in [0.3, 0.4) is 0 Å². The zero-order valence-electron chi connectivity index (χ0n) is 17.5. The zero-order chi connectivity index (χ0) is 22.3. The van der Waals surface area contributed by atoms with Crippen molar-refractivity contribution < 1.29 is 4.74 Å². The topological polar surface area (TPSA) is 61.5 Å². The molecule has 9 heteroatoms. The number of rotatable bonds is 7. The molecular weight excluding hydrogens is 463 g/mol. The fourth-order valence-corrected chi connectivity index (χ4v) is 5.69. The smallest absolute Gasteiger partial charge is 0.218 e. The summed E-state index contributed by atoms with van der Waals surface area (Å²) in [6.07, 6.45) is 2.42. The summed E-state index contributed by atoms with van der Waals surface area (Å²) in [7, 11) is 1.94. The van der Waals surface area contributed by atoms with Crippen molar-refractivity contribution in [3.05, 3.63) is 34.0 Å². The summed E-state index contributed by atoms with van der Waals surface area (Å²) in [4.78, 5) is 6.37. The van der Waals surface area contributed by atoms with Crippen LogP contribution in [-0.2, 0) is 5.41 Å². The number of ether oxygens (including phenoxy) is 1. The Kier molecular flexibility index (Phi) is 6.60. The van der Waals surface area contributed by atoms with Gasteiger partial charge in [-0.2, -0.15) is 9.64 Å². The lowest BCUT2D eigenvalue weighted by Crippen LogP contribution is -2.16. The summed E-state index contributed by atoms with van der Waals surface area (Å²) < 4.78 is 9.65. The standard InChI is InChI=1S/C21H23Cl3N4OS/c1-6-20(13(4)21(20,23)24)18-14(10-25)19(30-27-18)29-17-9-15(22)16(8-12(17)3)26-11-28(5)7-2/h8-9,11,13H,6-7H2,1-5H3/b26-11-. The summed E-state index contributed by atoms with van der Waals surface area (Å²) in [5.41, 5.74) is 1.93. The molecule has 1 fully saturated rings. The van der Waals surface area contributed by atoms with Gasteiger partial charge in [-0.3, -0.25) is 0 Å². The number of nitrogens with zero attached hydrogens (tertiary/aromatic N) is 4. The summed E-state index contributed by atoms with van der Waals surface area (Å²) in [5, 5.41) is 10.7. The predicted octanol–water partition coefficient (Wildman–Crippen LogP) is 6.85. The third kappa shape index (κ3) is 3.67. The van der Waals surface area contributed by atoms with E-state index in [2.05, 4.69) is 15.4 Å². The van der Waals surface area contributed by atoms with Crippen molar-refractivity contribution in [1.29, 1.82) is 5.26 Å². The molecule has 2 atom stereocenters. The molecule has 1 aliphatic carbocycles. The van der Waals surface area contributed by atoms with Crippen LogP contribution in [0.4, 0.5) is 5.69 Å². The van der Waals surface area contributed by atoms with Gasteiger partial charge in [0.15, 0.2) is 0 Å². The normalized spacial score (nSPS) is 22.2. The van der Waals surface area contributed by atoms with Crippen LogP contribution in [0.2, 0.25) is 5.02 Å². The SMILES string of the molecule is CCN(C)/C=N\c1cc(C)c(Oc2snc(C3(CC)C(C)C3(Cl)Cl)c2C#N)cc1Cl. The predicted molar refractivity (Wildman–Crippen MR) is 125 cm³/mol. The first-order valence-corrected chi connectivity index (χ1v) is 11.5. The van der Waals surface area contributed by atoms with Gasteiger partial charge in [-0.15, -0.1) is 23.2 Å². The molecule has 1 aromatic heterocycles. The molecular formula is C21H23Cl3N4OS. The second-order valence-electron chi connectivity index (χ2n) is 7.46. The van der Waals surface area contributed by atoms with Gasteiger partial charge < -0.3 is 9.64 Å². The van der Waals surface area contributed by atoms with Crippen LogP contribution in [0.25, 0.3) is 0 Å². The Morgan fingerprint density at radius 1 is 1.40 bits per heavy atom. The molecule has 0 spiro atoms. The average Bonchev–Trinajstić information content (AvgIpc) is 2.99. The highest BCUT2D eigenvalue weighted by molar-refractivity contribution is 7.08. The van der Waals surface area contributed by atoms with E-state index in [1.165, 1.54) is 0 Å². The number of hydrogen-bond donors (Lipinski definition) is 0. The van der Waals surface area contributed by atoms with E-state index < -0.39 is 9.75 Å². The maximum atomic E-state index is 9.82. The minimum atomic E-state index is -0.941. The highest BCUT2D eigenvalue weighted by atomic mass is 35.5. The molecule has 0 amide bonds. The number of hydrogen-bond acceptors (Lipinski definition) is 5. The molecule has 1 aliphatic rings. The van der Waals surface area contributed by atoms with Crippen molar-refractivity contribution in [2.75, 3.05) is 13.6 Å². The Morgan fingerprint density at radius 2 is 2.07 bits per heavy atom. The van der Waals surface area contributed by atoms with E-state index in [9.17, 15) is 5.26 Å². The number of aryl methyl sites for hydroxylation is 1. The molecule has 5 nitrogen and oxygen atoms in total. The van der Waals surface area contributed by atoms with Crippen molar-refractivity contribution in [2.45, 2.75) is 43.9 Å². The van der Waals surface area contributed by atoms with Crippen LogP contribution in [0.15, 0.2) is 17.1 Å². The van der Waals surface area contributed by atoms with Crippen molar-refractivity contribution in [2.24, 2.45) is 10.9 Å². The molecule has 0 radical (unpaired) electrons. The highest BCUT2D eigenvalue weighted by Gasteiger charge is 2.75. The van der Waals surface area contributed by atoms with Gasteiger partial charge in [0, 0.05) is 37.1 Å². The van der Waals surface area contributed by atoms with Crippen LogP contribution in [0.1, 0.15) is 44.0 Å². The monoisotopic (exact) mass is 484 g/mol. The number of alkyl halides is 2. The van der Waals surface area contributed by atoms with E-state index in [0.29, 0.717) is 39.2 Å². The molecule has 1 saturated carbocycles. The second kappa shape index (κ2) is 8.55. The van der Waals surface area contributed by atoms with E-state index >= 15 is 0 Å². The Bertz CT molecular complexity index is 1030. The van der Waals surface area contributed by atoms with E-state index in [-0.39, 0.29) is 5.92 Å². The molecule has 0 aliphatic heterocycles. The lowest BCUT2D eigenvalue weighted by molar-refractivity contribution is 0.489. The number of aromatic nitrogens is 1. The third-order valence-corrected chi connectivity index (χ3v) is 8.25. The average molecular weight is 486 g/mol. The highest BCUT2D eigenvalue weighted by Crippen LogP contribution is 2.71. The Hall–Kier alpha value is -1.52. The number of benzene rings is 1. The van der Waals surface area contributed by atoms with Crippen LogP contribution in [0.5, 0.6) is 10.8 Å². The van der Waals surface area contributed by atoms with Gasteiger partial charge in [-0.05, 0) is 31.9 Å². The first-order chi connectivity index (χ1) is 14.1. The zero-order valence-corrected chi connectivity index (χ0v) is 20.5. The molecule has 3 rings (SSSR count). The van der Waals surface area contributed by atoms with Gasteiger partial charge in [-0.25, -0.2) is 4.99 Å². The van der Waals surface area contributed by atoms with Gasteiger partial charge in [0.25, 0.3) is 0 Å². The fourth-order valence-electron chi connectivity index (χ4n) is 3.66. The van der Waals surface area contributed by atoms with Crippen molar-refractivity contribution >= 4 is 58.4 Å². The molecule has 160 valence electrons. The van der Waals surface area contributed by atoms with E-state index in [1.807, 2.05) is 45.7 Å². The van der Waals surface area contributed by atoms with Crippen molar-refractivity contribution in [1.82, 2.24) is 9.27 Å². The Balaban J connectivity index is 1.93. The first kappa shape index (κ1) is 23.1. The first-order valence-electron chi connectivity index (χ1n) is 9.64. The minimum Gasteiger partial charge on any atom is -0.443 e. The lowest BCUT2D eigenvalue weighted by Gasteiger charge is -2.14. The lowest BCUT2D eigenvalue weighted by atomic mass is 9.93. The quantitative estimate of drug-likeness (QED) is 0.244. The van der Waals surface area contributed by atoms with E-state index in [0.717, 1.165) is 23.6 Å². The summed E-state index contributed by atoms with van der Waals surface area (Å²) in [5.74, 6) is 0.543. The fraction of sp³-hybridized carbons (Fsp3) is 0.476. The van der Waals surface area contributed by atoms with Gasteiger partial charge >= 0.3 is 0 Å². The Labute approximate surface area is 196 Å². The molecule has 1 aromatic carbocycles. The van der Waals surface area contributed by atoms with Crippen LogP contribution in [-0.4, -0.2) is 33.5 Å². The summed E-state index contributed by atoms with van der Waals surface area (Å²) in [6.45, 7) is 8.76. The molecule has 2 aromatic rings. The molecule has 30 heavy (non-hydrogen) atoms. The summed E-state index contributed by atoms with van der Waals surface area (Å²) >= 11 is 20.6. The van der Waals surface area contributed by atoms with Crippen LogP contribution < -0.4 is 4.74 Å². The van der Waals surface area contributed by atoms with E-state index in [1.54, 1.807) is 12.4 Å².